The molecule has 0 bridgehead atoms. The highest BCUT2D eigenvalue weighted by molar-refractivity contribution is 7.89. The molecule has 2 heterocycles. The summed E-state index contributed by atoms with van der Waals surface area (Å²) in [4.78, 5) is 3.04. The minimum Gasteiger partial charge on any atom is -0.465 e. The van der Waals surface area contributed by atoms with Crippen molar-refractivity contribution in [3.8, 4) is 0 Å². The molecule has 0 aliphatic heterocycles. The number of H-pyrrole nitrogens is 1. The summed E-state index contributed by atoms with van der Waals surface area (Å²) in [5.74, 6) is 1.37. The van der Waals surface area contributed by atoms with Crippen LogP contribution in [-0.2, 0) is 23.1 Å². The average Bonchev–Trinajstić information content (AvgIpc) is 2.98. The molecule has 2 aromatic rings. The monoisotopic (exact) mass is 283 g/mol. The zero-order valence-corrected chi connectivity index (χ0v) is 11.7. The van der Waals surface area contributed by atoms with Crippen molar-refractivity contribution in [2.75, 3.05) is 7.05 Å². The maximum Gasteiger partial charge on any atom is 0.244 e. The van der Waals surface area contributed by atoms with Crippen LogP contribution in [0.1, 0.15) is 17.2 Å². The molecule has 104 valence electrons. The number of nitrogens with one attached hydrogen (secondary N) is 1. The van der Waals surface area contributed by atoms with Crippen LogP contribution in [0.4, 0.5) is 0 Å². The number of hydrogen-bond acceptors (Lipinski definition) is 4. The molecule has 3 N–H and O–H groups in total. The number of sulfonamides is 1. The van der Waals surface area contributed by atoms with Gasteiger partial charge in [0.15, 0.2) is 0 Å². The molecule has 0 unspecified atom stereocenters. The van der Waals surface area contributed by atoms with Crippen LogP contribution in [-0.4, -0.2) is 24.8 Å². The second kappa shape index (κ2) is 5.20. The van der Waals surface area contributed by atoms with Gasteiger partial charge in [-0.05, 0) is 25.1 Å². The maximum atomic E-state index is 12.3. The Morgan fingerprint density at radius 2 is 2.16 bits per heavy atom. The number of hydrogen-bond donors (Lipinski definition) is 2. The largest absolute Gasteiger partial charge is 0.465 e. The van der Waals surface area contributed by atoms with Gasteiger partial charge < -0.3 is 15.1 Å². The highest BCUT2D eigenvalue weighted by atomic mass is 32.2. The van der Waals surface area contributed by atoms with E-state index in [0.29, 0.717) is 11.5 Å². The van der Waals surface area contributed by atoms with Crippen LogP contribution < -0.4 is 5.73 Å². The highest BCUT2D eigenvalue weighted by Crippen LogP contribution is 2.18. The predicted octanol–water partition coefficient (Wildman–Crippen LogP) is 1.20. The molecule has 0 aromatic carbocycles. The minimum absolute atomic E-state index is 0.194. The third kappa shape index (κ3) is 2.89. The molecule has 0 fully saturated rings. The Morgan fingerprint density at radius 1 is 1.42 bits per heavy atom. The van der Waals surface area contributed by atoms with Crippen molar-refractivity contribution in [1.82, 2.24) is 9.29 Å². The van der Waals surface area contributed by atoms with Gasteiger partial charge in [0.05, 0.1) is 11.4 Å². The van der Waals surface area contributed by atoms with E-state index in [9.17, 15) is 8.42 Å². The van der Waals surface area contributed by atoms with Crippen LogP contribution in [0.25, 0.3) is 0 Å². The SMILES string of the molecule is Cc1ccc(CN(C)S(=O)(=O)c2c[nH]c(CN)c2)o1. The molecule has 0 saturated heterocycles. The zero-order valence-electron chi connectivity index (χ0n) is 10.9. The molecular weight excluding hydrogens is 266 g/mol. The third-order valence-corrected chi connectivity index (χ3v) is 4.60. The quantitative estimate of drug-likeness (QED) is 0.862. The first kappa shape index (κ1) is 13.9. The number of nitrogens with zero attached hydrogens (tertiary/aromatic N) is 1. The normalized spacial score (nSPS) is 12.2. The third-order valence-electron chi connectivity index (χ3n) is 2.82. The smallest absolute Gasteiger partial charge is 0.244 e. The zero-order chi connectivity index (χ0) is 14.0. The van der Waals surface area contributed by atoms with Gasteiger partial charge in [0.2, 0.25) is 10.0 Å². The summed E-state index contributed by atoms with van der Waals surface area (Å²) >= 11 is 0. The van der Waals surface area contributed by atoms with Gasteiger partial charge in [-0.25, -0.2) is 8.42 Å². The maximum absolute atomic E-state index is 12.3. The van der Waals surface area contributed by atoms with Crippen molar-refractivity contribution in [2.45, 2.75) is 24.9 Å². The summed E-state index contributed by atoms with van der Waals surface area (Å²) in [5, 5.41) is 0. The Labute approximate surface area is 112 Å². The number of furan rings is 1. The van der Waals surface area contributed by atoms with Crippen LogP contribution in [0.15, 0.2) is 33.7 Å². The molecule has 7 heteroatoms. The standard InChI is InChI=1S/C12H17N3O3S/c1-9-3-4-11(18-9)8-15(2)19(16,17)12-5-10(6-13)14-7-12/h3-5,7,14H,6,8,13H2,1-2H3. The fraction of sp³-hybridized carbons (Fsp3) is 0.333. The van der Waals surface area contributed by atoms with Crippen molar-refractivity contribution < 1.29 is 12.8 Å². The molecule has 0 atom stereocenters. The van der Waals surface area contributed by atoms with Crippen LogP contribution in [0.5, 0.6) is 0 Å². The lowest BCUT2D eigenvalue weighted by Gasteiger charge is -2.14. The van der Waals surface area contributed by atoms with Gasteiger partial charge >= 0.3 is 0 Å². The van der Waals surface area contributed by atoms with Gasteiger partial charge in [-0.2, -0.15) is 4.31 Å². The fourth-order valence-corrected chi connectivity index (χ4v) is 2.90. The van der Waals surface area contributed by atoms with E-state index in [1.807, 2.05) is 6.92 Å². The summed E-state index contributed by atoms with van der Waals surface area (Å²) in [5.41, 5.74) is 6.14. The molecule has 0 aliphatic carbocycles. The second-order valence-corrected chi connectivity index (χ2v) is 6.38. The molecule has 6 nitrogen and oxygen atoms in total. The molecular formula is C12H17N3O3S. The van der Waals surface area contributed by atoms with Gasteiger partial charge in [0.1, 0.15) is 11.5 Å². The van der Waals surface area contributed by atoms with E-state index >= 15 is 0 Å². The van der Waals surface area contributed by atoms with Crippen LogP contribution in [0, 0.1) is 6.92 Å². The summed E-state index contributed by atoms with van der Waals surface area (Å²) in [6, 6.07) is 5.11. The Kier molecular flexibility index (Phi) is 3.79. The molecule has 0 radical (unpaired) electrons. The molecule has 0 aliphatic rings. The molecule has 19 heavy (non-hydrogen) atoms. The lowest BCUT2D eigenvalue weighted by atomic mass is 10.4. The fourth-order valence-electron chi connectivity index (χ4n) is 1.74. The Hall–Kier alpha value is -1.57. The van der Waals surface area contributed by atoms with E-state index in [1.165, 1.54) is 17.5 Å². The first-order valence-electron chi connectivity index (χ1n) is 5.82. The number of aromatic amines is 1. The van der Waals surface area contributed by atoms with Crippen molar-refractivity contribution in [3.63, 3.8) is 0 Å². The minimum atomic E-state index is -3.53. The Morgan fingerprint density at radius 3 is 2.68 bits per heavy atom. The van der Waals surface area contributed by atoms with E-state index in [0.717, 1.165) is 5.76 Å². The Balaban J connectivity index is 2.19. The van der Waals surface area contributed by atoms with Crippen molar-refractivity contribution in [3.05, 3.63) is 41.6 Å². The second-order valence-electron chi connectivity index (χ2n) is 4.34. The summed E-state index contributed by atoms with van der Waals surface area (Å²) in [6.07, 6.45) is 1.45. The molecule has 2 aromatic heterocycles. The highest BCUT2D eigenvalue weighted by Gasteiger charge is 2.23. The van der Waals surface area contributed by atoms with Crippen molar-refractivity contribution >= 4 is 10.0 Å². The van der Waals surface area contributed by atoms with Gasteiger partial charge in [-0.3, -0.25) is 0 Å². The van der Waals surface area contributed by atoms with E-state index in [4.69, 9.17) is 10.2 Å². The summed E-state index contributed by atoms with van der Waals surface area (Å²) < 4.78 is 31.2. The van der Waals surface area contributed by atoms with Crippen molar-refractivity contribution in [2.24, 2.45) is 5.73 Å². The molecule has 0 amide bonds. The van der Waals surface area contributed by atoms with E-state index in [2.05, 4.69) is 4.98 Å². The Bertz CT molecular complexity index is 657. The molecule has 2 rings (SSSR count). The van der Waals surface area contributed by atoms with Gasteiger partial charge in [-0.1, -0.05) is 0 Å². The van der Waals surface area contributed by atoms with Gasteiger partial charge in [-0.15, -0.1) is 0 Å². The number of aryl methyl sites for hydroxylation is 1. The van der Waals surface area contributed by atoms with Crippen LogP contribution in [0.3, 0.4) is 0 Å². The summed E-state index contributed by atoms with van der Waals surface area (Å²) in [6.45, 7) is 2.29. The van der Waals surface area contributed by atoms with Gasteiger partial charge in [0, 0.05) is 25.5 Å². The number of aromatic nitrogens is 1. The lowest BCUT2D eigenvalue weighted by molar-refractivity contribution is 0.397. The average molecular weight is 283 g/mol. The lowest BCUT2D eigenvalue weighted by Crippen LogP contribution is -2.26. The number of rotatable bonds is 5. The predicted molar refractivity (Wildman–Crippen MR) is 70.8 cm³/mol. The summed E-state index contributed by atoms with van der Waals surface area (Å²) in [7, 11) is -2.01. The first-order valence-corrected chi connectivity index (χ1v) is 7.26. The molecule has 0 saturated carbocycles. The van der Waals surface area contributed by atoms with Gasteiger partial charge in [0.25, 0.3) is 0 Å². The van der Waals surface area contributed by atoms with E-state index in [-0.39, 0.29) is 18.0 Å². The van der Waals surface area contributed by atoms with E-state index < -0.39 is 10.0 Å². The van der Waals surface area contributed by atoms with Crippen LogP contribution in [0.2, 0.25) is 0 Å². The van der Waals surface area contributed by atoms with Crippen molar-refractivity contribution in [1.29, 1.82) is 0 Å². The van der Waals surface area contributed by atoms with E-state index in [1.54, 1.807) is 18.2 Å². The first-order chi connectivity index (χ1) is 8.93. The van der Waals surface area contributed by atoms with Crippen LogP contribution >= 0.6 is 0 Å². The number of nitrogens with two attached hydrogens (primary N) is 1. The topological polar surface area (TPSA) is 92.3 Å². The molecule has 0 spiro atoms.